The molecule has 0 aliphatic carbocycles. The first-order chi connectivity index (χ1) is 24.8. The molecule has 0 rings (SSSR count). The van der Waals surface area contributed by atoms with E-state index in [4.69, 9.17) is 24.3 Å². The number of unbranched alkanes of at least 4 members (excludes halogenated alkanes) is 28. The maximum Gasteiger partial charge on any atom is 0.472 e. The van der Waals surface area contributed by atoms with Gasteiger partial charge in [0.05, 0.1) is 13.2 Å². The van der Waals surface area contributed by atoms with Gasteiger partial charge in [0.1, 0.15) is 6.61 Å². The molecule has 0 bridgehead atoms. The Balaban J connectivity index is 4.04. The highest BCUT2D eigenvalue weighted by Gasteiger charge is 2.26. The van der Waals surface area contributed by atoms with Gasteiger partial charge in [0.15, 0.2) is 6.10 Å². The van der Waals surface area contributed by atoms with Crippen LogP contribution in [0.15, 0.2) is 0 Å². The minimum absolute atomic E-state index is 0.0579. The molecule has 1 unspecified atom stereocenters. The van der Waals surface area contributed by atoms with Crippen LogP contribution in [0.4, 0.5) is 0 Å². The molecule has 0 aromatic carbocycles. The van der Waals surface area contributed by atoms with Gasteiger partial charge >= 0.3 is 19.8 Å². The van der Waals surface area contributed by atoms with Crippen molar-refractivity contribution in [1.29, 1.82) is 0 Å². The summed E-state index contributed by atoms with van der Waals surface area (Å²) in [5.41, 5.74) is 5.34. The van der Waals surface area contributed by atoms with Crippen molar-refractivity contribution in [2.75, 3.05) is 26.4 Å². The molecule has 0 aromatic heterocycles. The number of phosphoric ester groups is 1. The monoisotopic (exact) mass is 748 g/mol. The van der Waals surface area contributed by atoms with Crippen molar-refractivity contribution in [3.8, 4) is 0 Å². The van der Waals surface area contributed by atoms with Crippen molar-refractivity contribution in [3.63, 3.8) is 0 Å². The third-order valence-corrected chi connectivity index (χ3v) is 10.5. The average Bonchev–Trinajstić information content (AvgIpc) is 3.11. The fourth-order valence-electron chi connectivity index (χ4n) is 6.28. The van der Waals surface area contributed by atoms with E-state index in [0.29, 0.717) is 6.42 Å². The van der Waals surface area contributed by atoms with E-state index < -0.39 is 26.5 Å². The molecule has 0 aliphatic heterocycles. The van der Waals surface area contributed by atoms with Crippen molar-refractivity contribution < 1.29 is 37.6 Å². The van der Waals surface area contributed by atoms with Crippen LogP contribution >= 0.6 is 7.82 Å². The van der Waals surface area contributed by atoms with Gasteiger partial charge in [0.25, 0.3) is 0 Å². The summed E-state index contributed by atoms with van der Waals surface area (Å²) in [6.07, 6.45) is 37.1. The molecule has 10 heteroatoms. The molecule has 0 aliphatic rings. The SMILES string of the molecule is CCCCCCCCCCCCCCCCCCCCCC(=O)OC[C@H](COP(=O)(O)OCCN)OC(=O)CCCCCCCCCCCCC. The molecule has 0 aromatic rings. The zero-order valence-electron chi connectivity index (χ0n) is 33.4. The van der Waals surface area contributed by atoms with E-state index in [2.05, 4.69) is 13.8 Å². The van der Waals surface area contributed by atoms with E-state index >= 15 is 0 Å². The van der Waals surface area contributed by atoms with Crippen LogP contribution in [-0.4, -0.2) is 49.3 Å². The summed E-state index contributed by atoms with van der Waals surface area (Å²) in [7, 11) is -4.36. The van der Waals surface area contributed by atoms with Gasteiger partial charge in [-0.05, 0) is 12.8 Å². The molecular formula is C41H82NO8P. The van der Waals surface area contributed by atoms with Crippen LogP contribution in [0.1, 0.15) is 219 Å². The molecule has 0 fully saturated rings. The van der Waals surface area contributed by atoms with E-state index in [1.54, 1.807) is 0 Å². The number of hydrogen-bond acceptors (Lipinski definition) is 8. The minimum Gasteiger partial charge on any atom is -0.462 e. The lowest BCUT2D eigenvalue weighted by molar-refractivity contribution is -0.161. The van der Waals surface area contributed by atoms with Crippen LogP contribution in [0, 0.1) is 0 Å². The van der Waals surface area contributed by atoms with Gasteiger partial charge in [0, 0.05) is 19.4 Å². The number of carbonyl (C=O) groups is 2. The van der Waals surface area contributed by atoms with Gasteiger partial charge in [-0.15, -0.1) is 0 Å². The van der Waals surface area contributed by atoms with Crippen molar-refractivity contribution in [3.05, 3.63) is 0 Å². The molecule has 304 valence electrons. The molecule has 0 saturated heterocycles. The molecular weight excluding hydrogens is 665 g/mol. The zero-order chi connectivity index (χ0) is 37.5. The normalized spacial score (nSPS) is 13.3. The van der Waals surface area contributed by atoms with Crippen molar-refractivity contribution in [2.45, 2.75) is 225 Å². The Hall–Kier alpha value is -0.990. The first kappa shape index (κ1) is 50.0. The van der Waals surface area contributed by atoms with Crippen LogP contribution < -0.4 is 5.73 Å². The van der Waals surface area contributed by atoms with Gasteiger partial charge < -0.3 is 20.1 Å². The van der Waals surface area contributed by atoms with Gasteiger partial charge in [-0.1, -0.05) is 194 Å². The maximum atomic E-state index is 12.5. The lowest BCUT2D eigenvalue weighted by Crippen LogP contribution is -2.29. The highest BCUT2D eigenvalue weighted by atomic mass is 31.2. The summed E-state index contributed by atoms with van der Waals surface area (Å²) in [6, 6.07) is 0. The molecule has 0 saturated carbocycles. The molecule has 2 atom stereocenters. The zero-order valence-corrected chi connectivity index (χ0v) is 34.3. The summed E-state index contributed by atoms with van der Waals surface area (Å²) in [5.74, 6) is -0.815. The van der Waals surface area contributed by atoms with Gasteiger partial charge in [0.2, 0.25) is 0 Å². The second kappa shape index (κ2) is 38.7. The van der Waals surface area contributed by atoms with Crippen LogP contribution in [0.2, 0.25) is 0 Å². The van der Waals surface area contributed by atoms with Crippen molar-refractivity contribution in [1.82, 2.24) is 0 Å². The highest BCUT2D eigenvalue weighted by Crippen LogP contribution is 2.43. The Morgan fingerprint density at radius 3 is 1.20 bits per heavy atom. The Morgan fingerprint density at radius 1 is 0.510 bits per heavy atom. The second-order valence-electron chi connectivity index (χ2n) is 14.6. The topological polar surface area (TPSA) is 134 Å². The van der Waals surface area contributed by atoms with Gasteiger partial charge in [-0.25, -0.2) is 4.57 Å². The summed E-state index contributed by atoms with van der Waals surface area (Å²) in [6.45, 7) is 3.76. The number of carbonyl (C=O) groups excluding carboxylic acids is 2. The lowest BCUT2D eigenvalue weighted by Gasteiger charge is -2.19. The Bertz CT molecular complexity index is 815. The number of esters is 2. The Morgan fingerprint density at radius 2 is 0.843 bits per heavy atom. The van der Waals surface area contributed by atoms with E-state index in [-0.39, 0.29) is 38.6 Å². The fourth-order valence-corrected chi connectivity index (χ4v) is 7.05. The third-order valence-electron chi connectivity index (χ3n) is 9.49. The van der Waals surface area contributed by atoms with Crippen molar-refractivity contribution >= 4 is 19.8 Å². The van der Waals surface area contributed by atoms with Crippen molar-refractivity contribution in [2.24, 2.45) is 5.73 Å². The number of hydrogen-bond donors (Lipinski definition) is 2. The number of ether oxygens (including phenoxy) is 2. The summed E-state index contributed by atoms with van der Waals surface area (Å²) >= 11 is 0. The second-order valence-corrected chi connectivity index (χ2v) is 16.0. The summed E-state index contributed by atoms with van der Waals surface area (Å²) in [5, 5.41) is 0. The average molecular weight is 748 g/mol. The van der Waals surface area contributed by atoms with E-state index in [1.165, 1.54) is 154 Å². The smallest absolute Gasteiger partial charge is 0.462 e. The quantitative estimate of drug-likeness (QED) is 0.0356. The Kier molecular flexibility index (Phi) is 38.0. The van der Waals surface area contributed by atoms with E-state index in [1.807, 2.05) is 0 Å². The minimum atomic E-state index is -4.36. The molecule has 9 nitrogen and oxygen atoms in total. The molecule has 0 spiro atoms. The first-order valence-corrected chi connectivity index (χ1v) is 23.0. The number of nitrogens with two attached hydrogens (primary N) is 1. The summed E-state index contributed by atoms with van der Waals surface area (Å²) < 4.78 is 32.7. The predicted octanol–water partition coefficient (Wildman–Crippen LogP) is 12.1. The predicted molar refractivity (Wildman–Crippen MR) is 211 cm³/mol. The molecule has 51 heavy (non-hydrogen) atoms. The molecule has 0 heterocycles. The summed E-state index contributed by atoms with van der Waals surface area (Å²) in [4.78, 5) is 34.8. The standard InChI is InChI=1S/C41H82NO8P/c1-3-5-7-9-11-13-15-16-17-18-19-20-21-22-24-25-27-29-31-33-40(43)47-37-39(38-49-51(45,46)48-36-35-42)50-41(44)34-32-30-28-26-23-14-12-10-8-6-4-2/h39H,3-38,42H2,1-2H3,(H,45,46)/t39-/m1/s1. The third kappa shape index (κ3) is 38.5. The van der Waals surface area contributed by atoms with Gasteiger partial charge in [-0.3, -0.25) is 18.6 Å². The Labute approximate surface area is 314 Å². The van der Waals surface area contributed by atoms with Crippen LogP contribution in [0.25, 0.3) is 0 Å². The van der Waals surface area contributed by atoms with Crippen LogP contribution in [-0.2, 0) is 32.7 Å². The highest BCUT2D eigenvalue weighted by molar-refractivity contribution is 7.47. The largest absolute Gasteiger partial charge is 0.472 e. The van der Waals surface area contributed by atoms with Crippen LogP contribution in [0.5, 0.6) is 0 Å². The fraction of sp³-hybridized carbons (Fsp3) is 0.951. The molecule has 0 amide bonds. The maximum absolute atomic E-state index is 12.5. The lowest BCUT2D eigenvalue weighted by atomic mass is 10.0. The van der Waals surface area contributed by atoms with Crippen LogP contribution in [0.3, 0.4) is 0 Å². The first-order valence-electron chi connectivity index (χ1n) is 21.5. The van der Waals surface area contributed by atoms with Gasteiger partial charge in [-0.2, -0.15) is 0 Å². The number of phosphoric acid groups is 1. The molecule has 0 radical (unpaired) electrons. The van der Waals surface area contributed by atoms with E-state index in [9.17, 15) is 19.0 Å². The number of rotatable bonds is 41. The molecule has 3 N–H and O–H groups in total. The van der Waals surface area contributed by atoms with E-state index in [0.717, 1.165) is 32.1 Å².